The van der Waals surface area contributed by atoms with Crippen LogP contribution < -0.4 is 0 Å². The Kier molecular flexibility index (Phi) is 2.70. The lowest BCUT2D eigenvalue weighted by Gasteiger charge is -2.41. The number of rotatable bonds is 3. The van der Waals surface area contributed by atoms with E-state index in [0.29, 0.717) is 5.56 Å². The molecule has 0 aliphatic heterocycles. The van der Waals surface area contributed by atoms with Crippen molar-refractivity contribution in [1.82, 2.24) is 0 Å². The molecule has 1 N–H and O–H groups in total. The number of aliphatic carboxylic acids is 1. The van der Waals surface area contributed by atoms with Crippen LogP contribution in [-0.4, -0.2) is 11.1 Å². The van der Waals surface area contributed by atoms with Gasteiger partial charge in [-0.3, -0.25) is 4.79 Å². The Hall–Kier alpha value is -1.38. The van der Waals surface area contributed by atoms with Crippen LogP contribution in [0.15, 0.2) is 18.2 Å². The van der Waals surface area contributed by atoms with Crippen LogP contribution in [0.5, 0.6) is 0 Å². The molecule has 2 nitrogen and oxygen atoms in total. The third-order valence-corrected chi connectivity index (χ3v) is 3.57. The molecule has 0 spiro atoms. The molecule has 1 aromatic rings. The second-order valence-electron chi connectivity index (χ2n) is 4.67. The van der Waals surface area contributed by atoms with Crippen molar-refractivity contribution in [3.63, 3.8) is 0 Å². The van der Waals surface area contributed by atoms with E-state index in [1.807, 2.05) is 0 Å². The quantitative estimate of drug-likeness (QED) is 0.853. The Bertz CT molecular complexity index is 422. The number of carbonyl (C=O) groups is 1. The number of carboxylic acid groups (broad SMARTS) is 1. The molecule has 1 aliphatic carbocycles. The van der Waals surface area contributed by atoms with Crippen LogP contribution in [0.4, 0.5) is 4.39 Å². The summed E-state index contributed by atoms with van der Waals surface area (Å²) in [6, 6.07) is 4.95. The second kappa shape index (κ2) is 3.89. The predicted molar refractivity (Wildman–Crippen MR) is 58.9 cm³/mol. The largest absolute Gasteiger partial charge is 0.481 e. The number of carboxylic acids is 1. The molecule has 1 saturated carbocycles. The molecule has 1 fully saturated rings. The second-order valence-corrected chi connectivity index (χ2v) is 4.67. The molecule has 0 bridgehead atoms. The molecule has 0 saturated heterocycles. The fourth-order valence-electron chi connectivity index (χ4n) is 2.44. The summed E-state index contributed by atoms with van der Waals surface area (Å²) >= 11 is 0. The lowest BCUT2D eigenvalue weighted by molar-refractivity contribution is -0.139. The Morgan fingerprint density at radius 2 is 2.19 bits per heavy atom. The van der Waals surface area contributed by atoms with Gasteiger partial charge in [0.2, 0.25) is 0 Å². The van der Waals surface area contributed by atoms with Gasteiger partial charge in [-0.2, -0.15) is 0 Å². The standard InChI is InChI=1S/C13H15FO2/c1-9-7-10(3-4-11(9)14)13(5-2-6-13)8-12(15)16/h3-4,7H,2,5-6,8H2,1H3,(H,15,16). The van der Waals surface area contributed by atoms with Crippen LogP contribution in [0, 0.1) is 12.7 Å². The molecule has 0 radical (unpaired) electrons. The zero-order chi connectivity index (χ0) is 11.8. The van der Waals surface area contributed by atoms with Crippen molar-refractivity contribution < 1.29 is 14.3 Å². The molecule has 2 rings (SSSR count). The summed E-state index contributed by atoms with van der Waals surface area (Å²) in [7, 11) is 0. The third-order valence-electron chi connectivity index (χ3n) is 3.57. The minimum Gasteiger partial charge on any atom is -0.481 e. The molecular weight excluding hydrogens is 207 g/mol. The topological polar surface area (TPSA) is 37.3 Å². The third kappa shape index (κ3) is 1.82. The van der Waals surface area contributed by atoms with Crippen LogP contribution in [0.2, 0.25) is 0 Å². The van der Waals surface area contributed by atoms with E-state index in [2.05, 4.69) is 0 Å². The maximum atomic E-state index is 13.2. The summed E-state index contributed by atoms with van der Waals surface area (Å²) in [5, 5.41) is 8.93. The van der Waals surface area contributed by atoms with Crippen molar-refractivity contribution in [3.05, 3.63) is 35.1 Å². The van der Waals surface area contributed by atoms with Gasteiger partial charge in [0.1, 0.15) is 5.82 Å². The molecule has 16 heavy (non-hydrogen) atoms. The van der Waals surface area contributed by atoms with Gasteiger partial charge in [-0.1, -0.05) is 18.6 Å². The summed E-state index contributed by atoms with van der Waals surface area (Å²) in [5.74, 6) is -1.00. The van der Waals surface area contributed by atoms with Gasteiger partial charge in [0.05, 0.1) is 6.42 Å². The van der Waals surface area contributed by atoms with Gasteiger partial charge >= 0.3 is 5.97 Å². The fourth-order valence-corrected chi connectivity index (χ4v) is 2.44. The average molecular weight is 222 g/mol. The van der Waals surface area contributed by atoms with E-state index in [1.165, 1.54) is 6.07 Å². The first kappa shape index (κ1) is 11.1. The van der Waals surface area contributed by atoms with Crippen LogP contribution in [-0.2, 0) is 10.2 Å². The molecule has 3 heteroatoms. The molecular formula is C13H15FO2. The average Bonchev–Trinajstić information content (AvgIpc) is 2.16. The Balaban J connectivity index is 2.33. The Labute approximate surface area is 94.1 Å². The summed E-state index contributed by atoms with van der Waals surface area (Å²) in [4.78, 5) is 10.9. The summed E-state index contributed by atoms with van der Waals surface area (Å²) < 4.78 is 13.2. The molecule has 0 aromatic heterocycles. The van der Waals surface area contributed by atoms with E-state index in [0.717, 1.165) is 24.8 Å². The minimum absolute atomic E-state index is 0.151. The van der Waals surface area contributed by atoms with Crippen molar-refractivity contribution in [2.24, 2.45) is 0 Å². The maximum Gasteiger partial charge on any atom is 0.304 e. The van der Waals surface area contributed by atoms with Gasteiger partial charge in [0, 0.05) is 5.41 Å². The molecule has 0 unspecified atom stereocenters. The first-order chi connectivity index (χ1) is 7.53. The molecule has 0 atom stereocenters. The lowest BCUT2D eigenvalue weighted by atomic mass is 9.62. The highest BCUT2D eigenvalue weighted by Gasteiger charge is 2.40. The zero-order valence-electron chi connectivity index (χ0n) is 9.29. The Morgan fingerprint density at radius 3 is 2.62 bits per heavy atom. The number of halogens is 1. The van der Waals surface area contributed by atoms with Gasteiger partial charge < -0.3 is 5.11 Å². The smallest absolute Gasteiger partial charge is 0.304 e. The monoisotopic (exact) mass is 222 g/mol. The van der Waals surface area contributed by atoms with E-state index < -0.39 is 5.97 Å². The van der Waals surface area contributed by atoms with E-state index in [9.17, 15) is 9.18 Å². The predicted octanol–water partition coefficient (Wildman–Crippen LogP) is 3.03. The summed E-state index contributed by atoms with van der Waals surface area (Å²) in [5.41, 5.74) is 1.32. The number of hydrogen-bond acceptors (Lipinski definition) is 1. The fraction of sp³-hybridized carbons (Fsp3) is 0.462. The van der Waals surface area contributed by atoms with Crippen LogP contribution in [0.25, 0.3) is 0 Å². The van der Waals surface area contributed by atoms with Crippen LogP contribution >= 0.6 is 0 Å². The molecule has 0 heterocycles. The summed E-state index contributed by atoms with van der Waals surface area (Å²) in [6.45, 7) is 1.71. The molecule has 86 valence electrons. The van der Waals surface area contributed by atoms with Gasteiger partial charge in [-0.15, -0.1) is 0 Å². The SMILES string of the molecule is Cc1cc(C2(CC(=O)O)CCC2)ccc1F. The van der Waals surface area contributed by atoms with Gasteiger partial charge in [0.15, 0.2) is 0 Å². The highest BCUT2D eigenvalue weighted by Crippen LogP contribution is 2.46. The Morgan fingerprint density at radius 1 is 1.50 bits per heavy atom. The van der Waals surface area contributed by atoms with Crippen molar-refractivity contribution in [3.8, 4) is 0 Å². The van der Waals surface area contributed by atoms with Crippen molar-refractivity contribution in [1.29, 1.82) is 0 Å². The van der Waals surface area contributed by atoms with Gasteiger partial charge in [-0.05, 0) is 37.0 Å². The van der Waals surface area contributed by atoms with E-state index in [-0.39, 0.29) is 17.7 Å². The van der Waals surface area contributed by atoms with Crippen LogP contribution in [0.1, 0.15) is 36.8 Å². The molecule has 1 aromatic carbocycles. The first-order valence-electron chi connectivity index (χ1n) is 5.52. The number of aryl methyl sites for hydroxylation is 1. The molecule has 0 amide bonds. The highest BCUT2D eigenvalue weighted by molar-refractivity contribution is 5.69. The van der Waals surface area contributed by atoms with Gasteiger partial charge in [0.25, 0.3) is 0 Å². The lowest BCUT2D eigenvalue weighted by Crippen LogP contribution is -2.36. The normalized spacial score (nSPS) is 17.9. The van der Waals surface area contributed by atoms with E-state index in [4.69, 9.17) is 5.11 Å². The first-order valence-corrected chi connectivity index (χ1v) is 5.52. The zero-order valence-corrected chi connectivity index (χ0v) is 9.29. The number of hydrogen-bond donors (Lipinski definition) is 1. The maximum absolute atomic E-state index is 13.2. The minimum atomic E-state index is -0.776. The number of benzene rings is 1. The summed E-state index contributed by atoms with van der Waals surface area (Å²) in [6.07, 6.45) is 3.00. The molecule has 1 aliphatic rings. The highest BCUT2D eigenvalue weighted by atomic mass is 19.1. The van der Waals surface area contributed by atoms with Crippen LogP contribution in [0.3, 0.4) is 0 Å². The van der Waals surface area contributed by atoms with Crippen molar-refractivity contribution in [2.75, 3.05) is 0 Å². The van der Waals surface area contributed by atoms with E-state index >= 15 is 0 Å². The van der Waals surface area contributed by atoms with E-state index in [1.54, 1.807) is 19.1 Å². The van der Waals surface area contributed by atoms with Gasteiger partial charge in [-0.25, -0.2) is 4.39 Å². The van der Waals surface area contributed by atoms with Crippen molar-refractivity contribution >= 4 is 5.97 Å². The van der Waals surface area contributed by atoms with Crippen molar-refractivity contribution in [2.45, 2.75) is 38.0 Å².